The lowest BCUT2D eigenvalue weighted by Crippen LogP contribution is -2.26. The average Bonchev–Trinajstić information content (AvgIpc) is 3.51. The minimum Gasteiger partial charge on any atom is -0.482 e. The lowest BCUT2D eigenvalue weighted by Gasteiger charge is -2.18. The Morgan fingerprint density at radius 3 is 2.52 bits per heavy atom. The minimum atomic E-state index is -1.06. The summed E-state index contributed by atoms with van der Waals surface area (Å²) in [7, 11) is 1.61. The van der Waals surface area contributed by atoms with Gasteiger partial charge in [-0.1, -0.05) is 12.1 Å². The van der Waals surface area contributed by atoms with Gasteiger partial charge in [0.1, 0.15) is 11.4 Å². The van der Waals surface area contributed by atoms with Crippen LogP contribution < -0.4 is 10.1 Å². The zero-order valence-electron chi connectivity index (χ0n) is 15.8. The molecule has 2 aromatic carbocycles. The fraction of sp³-hybridized carbons (Fsp3) is 0.300. The first kappa shape index (κ1) is 20.1. The number of carbonyl (C=O) groups is 2. The molecular weight excluding hydrogens is 378 g/mol. The van der Waals surface area contributed by atoms with E-state index >= 15 is 0 Å². The Morgan fingerprint density at radius 2 is 1.93 bits per heavy atom. The Hall–Kier alpha value is -3.62. The van der Waals surface area contributed by atoms with E-state index in [0.717, 1.165) is 18.4 Å². The van der Waals surface area contributed by atoms with Gasteiger partial charge < -0.3 is 20.1 Å². The molecule has 1 amide bonds. The predicted molar refractivity (Wildman–Crippen MR) is 105 cm³/mol. The number of nitrogens with one attached hydrogen (secondary N) is 1. The molecule has 3 rings (SSSR count). The molecule has 1 saturated carbocycles. The average molecular weight is 399 g/mol. The van der Waals surface area contributed by atoms with Crippen LogP contribution >= 0.6 is 0 Å². The third-order valence-electron chi connectivity index (χ3n) is 4.43. The molecule has 2 N–H and O–H groups in total. The van der Waals surface area contributed by atoms with Gasteiger partial charge >= 0.3 is 5.97 Å². The standard InChI is InChI=1S/C20H21N3O6/c1-22(11-13-2-7-16(8-3-13)29-12-19(24)25)20(26)14-4-9-17(21-15-5-6-15)18(10-14)23(27)28/h2-4,7-10,15,21H,5-6,11-12H2,1H3,(H,24,25). The van der Waals surface area contributed by atoms with Crippen LogP contribution in [-0.2, 0) is 11.3 Å². The Kier molecular flexibility index (Phi) is 5.96. The molecular formula is C20H21N3O6. The summed E-state index contributed by atoms with van der Waals surface area (Å²) in [6.45, 7) is -0.143. The first-order chi connectivity index (χ1) is 13.8. The summed E-state index contributed by atoms with van der Waals surface area (Å²) in [5, 5.41) is 23.1. The maximum absolute atomic E-state index is 12.7. The van der Waals surface area contributed by atoms with Crippen LogP contribution in [-0.4, -0.2) is 46.5 Å². The maximum atomic E-state index is 12.7. The highest BCUT2D eigenvalue weighted by molar-refractivity contribution is 5.95. The van der Waals surface area contributed by atoms with Gasteiger partial charge in [0.2, 0.25) is 0 Å². The van der Waals surface area contributed by atoms with E-state index in [9.17, 15) is 19.7 Å². The minimum absolute atomic E-state index is 0.115. The summed E-state index contributed by atoms with van der Waals surface area (Å²) in [6.07, 6.45) is 1.97. The van der Waals surface area contributed by atoms with Gasteiger partial charge in [-0.3, -0.25) is 14.9 Å². The Balaban J connectivity index is 1.67. The van der Waals surface area contributed by atoms with Crippen molar-refractivity contribution in [2.75, 3.05) is 19.0 Å². The van der Waals surface area contributed by atoms with Crippen LogP contribution in [0.2, 0.25) is 0 Å². The normalized spacial score (nSPS) is 12.9. The molecule has 0 saturated heterocycles. The molecule has 0 radical (unpaired) electrons. The topological polar surface area (TPSA) is 122 Å². The van der Waals surface area contributed by atoms with Gasteiger partial charge in [-0.05, 0) is 42.7 Å². The van der Waals surface area contributed by atoms with Gasteiger partial charge in [-0.25, -0.2) is 4.79 Å². The lowest BCUT2D eigenvalue weighted by molar-refractivity contribution is -0.384. The summed E-state index contributed by atoms with van der Waals surface area (Å²) in [5.74, 6) is -0.983. The third kappa shape index (κ3) is 5.44. The fourth-order valence-corrected chi connectivity index (χ4v) is 2.79. The van der Waals surface area contributed by atoms with Gasteiger partial charge in [0.05, 0.1) is 4.92 Å². The Morgan fingerprint density at radius 1 is 1.24 bits per heavy atom. The molecule has 9 nitrogen and oxygen atoms in total. The highest BCUT2D eigenvalue weighted by atomic mass is 16.6. The van der Waals surface area contributed by atoms with Crippen LogP contribution in [0.25, 0.3) is 0 Å². The maximum Gasteiger partial charge on any atom is 0.341 e. The van der Waals surface area contributed by atoms with E-state index in [2.05, 4.69) is 5.32 Å². The molecule has 0 atom stereocenters. The number of carboxylic acids is 1. The number of rotatable bonds is 9. The first-order valence-electron chi connectivity index (χ1n) is 9.07. The van der Waals surface area contributed by atoms with Crippen molar-refractivity contribution in [1.29, 1.82) is 0 Å². The van der Waals surface area contributed by atoms with Crippen molar-refractivity contribution in [1.82, 2.24) is 4.90 Å². The number of hydrogen-bond acceptors (Lipinski definition) is 6. The van der Waals surface area contributed by atoms with Gasteiger partial charge in [0.15, 0.2) is 6.61 Å². The smallest absolute Gasteiger partial charge is 0.341 e. The van der Waals surface area contributed by atoms with E-state index in [4.69, 9.17) is 9.84 Å². The van der Waals surface area contributed by atoms with E-state index in [1.807, 2.05) is 0 Å². The van der Waals surface area contributed by atoms with Crippen molar-refractivity contribution < 1.29 is 24.4 Å². The SMILES string of the molecule is CN(Cc1ccc(OCC(=O)O)cc1)C(=O)c1ccc(NC2CC2)c([N+](=O)[O-])c1. The van der Waals surface area contributed by atoms with Crippen LogP contribution in [0.3, 0.4) is 0 Å². The second-order valence-corrected chi connectivity index (χ2v) is 6.90. The Labute approximate surface area is 167 Å². The van der Waals surface area contributed by atoms with E-state index < -0.39 is 17.5 Å². The quantitative estimate of drug-likeness (QED) is 0.491. The molecule has 0 aliphatic heterocycles. The molecule has 1 fully saturated rings. The molecule has 0 spiro atoms. The molecule has 0 aromatic heterocycles. The molecule has 2 aromatic rings. The predicted octanol–water partition coefficient (Wildman–Crippen LogP) is 2.90. The summed E-state index contributed by atoms with van der Waals surface area (Å²) >= 11 is 0. The number of benzene rings is 2. The highest BCUT2D eigenvalue weighted by Gasteiger charge is 2.26. The number of anilines is 1. The van der Waals surface area contributed by atoms with Crippen LogP contribution in [0.1, 0.15) is 28.8 Å². The van der Waals surface area contributed by atoms with E-state index in [1.54, 1.807) is 43.4 Å². The van der Waals surface area contributed by atoms with Crippen molar-refractivity contribution in [3.63, 3.8) is 0 Å². The van der Waals surface area contributed by atoms with Crippen LogP contribution in [0.5, 0.6) is 5.75 Å². The molecule has 1 aliphatic rings. The molecule has 0 unspecified atom stereocenters. The zero-order chi connectivity index (χ0) is 21.0. The van der Waals surface area contributed by atoms with Crippen molar-refractivity contribution in [2.45, 2.75) is 25.4 Å². The Bertz CT molecular complexity index is 924. The second-order valence-electron chi connectivity index (χ2n) is 6.90. The van der Waals surface area contributed by atoms with E-state index in [-0.39, 0.29) is 29.7 Å². The summed E-state index contributed by atoms with van der Waals surface area (Å²) in [6, 6.07) is 11.4. The first-order valence-corrected chi connectivity index (χ1v) is 9.07. The van der Waals surface area contributed by atoms with Gasteiger partial charge in [0, 0.05) is 31.3 Å². The number of ether oxygens (including phenoxy) is 1. The van der Waals surface area contributed by atoms with Crippen molar-refractivity contribution in [3.05, 3.63) is 63.7 Å². The van der Waals surface area contributed by atoms with Crippen LogP contribution in [0.4, 0.5) is 11.4 Å². The van der Waals surface area contributed by atoms with Crippen molar-refractivity contribution >= 4 is 23.3 Å². The van der Waals surface area contributed by atoms with Gasteiger partial charge in [-0.2, -0.15) is 0 Å². The van der Waals surface area contributed by atoms with Crippen LogP contribution in [0, 0.1) is 10.1 Å². The molecule has 0 bridgehead atoms. The van der Waals surface area contributed by atoms with Crippen molar-refractivity contribution in [3.8, 4) is 5.75 Å². The number of carboxylic acid groups (broad SMARTS) is 1. The zero-order valence-corrected chi connectivity index (χ0v) is 15.8. The fourth-order valence-electron chi connectivity index (χ4n) is 2.79. The van der Waals surface area contributed by atoms with Gasteiger partial charge in [-0.15, -0.1) is 0 Å². The van der Waals surface area contributed by atoms with E-state index in [1.165, 1.54) is 11.0 Å². The molecule has 0 heterocycles. The number of nitro groups is 1. The highest BCUT2D eigenvalue weighted by Crippen LogP contribution is 2.31. The number of aliphatic carboxylic acids is 1. The summed E-state index contributed by atoms with van der Waals surface area (Å²) in [5.41, 5.74) is 1.36. The van der Waals surface area contributed by atoms with E-state index in [0.29, 0.717) is 11.4 Å². The number of carbonyl (C=O) groups excluding carboxylic acids is 1. The number of nitrogens with zero attached hydrogens (tertiary/aromatic N) is 2. The molecule has 152 valence electrons. The lowest BCUT2D eigenvalue weighted by atomic mass is 10.1. The molecule has 29 heavy (non-hydrogen) atoms. The number of hydrogen-bond donors (Lipinski definition) is 2. The largest absolute Gasteiger partial charge is 0.482 e. The second kappa shape index (κ2) is 8.59. The van der Waals surface area contributed by atoms with Crippen molar-refractivity contribution in [2.24, 2.45) is 0 Å². The number of nitro benzene ring substituents is 1. The summed E-state index contributed by atoms with van der Waals surface area (Å²) in [4.78, 5) is 35.6. The van der Waals surface area contributed by atoms with Crippen LogP contribution in [0.15, 0.2) is 42.5 Å². The molecule has 9 heteroatoms. The third-order valence-corrected chi connectivity index (χ3v) is 4.43. The monoisotopic (exact) mass is 399 g/mol. The number of amides is 1. The summed E-state index contributed by atoms with van der Waals surface area (Å²) < 4.78 is 5.07. The van der Waals surface area contributed by atoms with Gasteiger partial charge in [0.25, 0.3) is 11.6 Å². The molecule has 1 aliphatic carbocycles.